The van der Waals surface area contributed by atoms with Crippen molar-refractivity contribution < 1.29 is 17.9 Å². The molecule has 0 saturated carbocycles. The molecule has 0 aliphatic rings. The minimum absolute atomic E-state index is 0.108. The molecule has 3 aromatic rings. The second-order valence-corrected chi connectivity index (χ2v) is 10.5. The van der Waals surface area contributed by atoms with Crippen LogP contribution in [0.1, 0.15) is 40.8 Å². The van der Waals surface area contributed by atoms with Crippen molar-refractivity contribution in [3.8, 4) is 5.75 Å². The van der Waals surface area contributed by atoms with Crippen LogP contribution in [0.3, 0.4) is 0 Å². The molecule has 34 heavy (non-hydrogen) atoms. The standard InChI is InChI=1S/C27H32N2O4S/c1-18-8-12-23(13-9-18)34(31,32)29(25-16-20(3)10-14-26(25)33-6)17-27(30)28-22(5)24-15-19(2)7-11-21(24)4/h7-16,22H,17H2,1-6H3,(H,28,30). The minimum Gasteiger partial charge on any atom is -0.495 e. The molecule has 180 valence electrons. The summed E-state index contributed by atoms with van der Waals surface area (Å²) in [6.07, 6.45) is 0. The summed E-state index contributed by atoms with van der Waals surface area (Å²) >= 11 is 0. The normalized spacial score (nSPS) is 12.2. The zero-order valence-corrected chi connectivity index (χ0v) is 21.4. The molecule has 3 aromatic carbocycles. The molecule has 1 atom stereocenters. The number of nitrogens with zero attached hydrogens (tertiary/aromatic N) is 1. The molecule has 1 unspecified atom stereocenters. The Kier molecular flexibility index (Phi) is 7.67. The molecule has 1 amide bonds. The quantitative estimate of drug-likeness (QED) is 0.492. The Morgan fingerprint density at radius 3 is 2.15 bits per heavy atom. The molecule has 0 bridgehead atoms. The van der Waals surface area contributed by atoms with Crippen molar-refractivity contribution in [2.45, 2.75) is 45.6 Å². The van der Waals surface area contributed by atoms with Crippen LogP contribution in [0.4, 0.5) is 5.69 Å². The first-order valence-electron chi connectivity index (χ1n) is 11.1. The molecule has 0 aliphatic heterocycles. The summed E-state index contributed by atoms with van der Waals surface area (Å²) in [6, 6.07) is 17.6. The van der Waals surface area contributed by atoms with E-state index in [9.17, 15) is 13.2 Å². The molecule has 0 fully saturated rings. The lowest BCUT2D eigenvalue weighted by molar-refractivity contribution is -0.120. The van der Waals surface area contributed by atoms with E-state index in [1.54, 1.807) is 36.4 Å². The lowest BCUT2D eigenvalue weighted by atomic mass is 10.00. The fourth-order valence-corrected chi connectivity index (χ4v) is 5.28. The summed E-state index contributed by atoms with van der Waals surface area (Å²) in [5, 5.41) is 2.96. The molecular formula is C27H32N2O4S. The average molecular weight is 481 g/mol. The Labute approximate surface area is 202 Å². The summed E-state index contributed by atoms with van der Waals surface area (Å²) in [6.45, 7) is 9.25. The molecule has 0 heterocycles. The molecule has 0 radical (unpaired) electrons. The molecule has 7 heteroatoms. The van der Waals surface area contributed by atoms with Gasteiger partial charge >= 0.3 is 0 Å². The number of rotatable bonds is 8. The largest absolute Gasteiger partial charge is 0.495 e. The van der Waals surface area contributed by atoms with Gasteiger partial charge in [-0.1, -0.05) is 47.5 Å². The van der Waals surface area contributed by atoms with Gasteiger partial charge in [-0.25, -0.2) is 8.42 Å². The second kappa shape index (κ2) is 10.3. The maximum atomic E-state index is 13.7. The predicted molar refractivity (Wildman–Crippen MR) is 136 cm³/mol. The summed E-state index contributed by atoms with van der Waals surface area (Å²) < 4.78 is 34.0. The van der Waals surface area contributed by atoms with Gasteiger partial charge in [0.25, 0.3) is 10.0 Å². The van der Waals surface area contributed by atoms with Crippen LogP contribution in [0.25, 0.3) is 0 Å². The second-order valence-electron chi connectivity index (χ2n) is 8.65. The van der Waals surface area contributed by atoms with Crippen LogP contribution in [0, 0.1) is 27.7 Å². The fraction of sp³-hybridized carbons (Fsp3) is 0.296. The number of carbonyl (C=O) groups is 1. The van der Waals surface area contributed by atoms with E-state index in [-0.39, 0.29) is 17.5 Å². The number of hydrogen-bond acceptors (Lipinski definition) is 4. The molecule has 6 nitrogen and oxygen atoms in total. The minimum atomic E-state index is -4.04. The third-order valence-electron chi connectivity index (χ3n) is 5.78. The first kappa shape index (κ1) is 25.3. The van der Waals surface area contributed by atoms with Crippen molar-refractivity contribution in [3.63, 3.8) is 0 Å². The van der Waals surface area contributed by atoms with Gasteiger partial charge in [-0.05, 0) is 75.6 Å². The van der Waals surface area contributed by atoms with Gasteiger partial charge in [0, 0.05) is 0 Å². The highest BCUT2D eigenvalue weighted by atomic mass is 32.2. The van der Waals surface area contributed by atoms with E-state index < -0.39 is 15.9 Å². The molecule has 3 rings (SSSR count). The van der Waals surface area contributed by atoms with Crippen molar-refractivity contribution >= 4 is 21.6 Å². The Bertz CT molecular complexity index is 1280. The van der Waals surface area contributed by atoms with E-state index in [4.69, 9.17) is 4.74 Å². The lowest BCUT2D eigenvalue weighted by Gasteiger charge is -2.27. The third-order valence-corrected chi connectivity index (χ3v) is 7.55. The average Bonchev–Trinajstić information content (AvgIpc) is 2.79. The van der Waals surface area contributed by atoms with Crippen LogP contribution in [0.5, 0.6) is 5.75 Å². The summed E-state index contributed by atoms with van der Waals surface area (Å²) in [7, 11) is -2.56. The number of sulfonamides is 1. The number of amides is 1. The van der Waals surface area contributed by atoms with E-state index in [2.05, 4.69) is 5.32 Å². The van der Waals surface area contributed by atoms with Gasteiger partial charge in [0.1, 0.15) is 12.3 Å². The molecular weight excluding hydrogens is 448 g/mol. The SMILES string of the molecule is COc1ccc(C)cc1N(CC(=O)NC(C)c1cc(C)ccc1C)S(=O)(=O)c1ccc(C)cc1. The van der Waals surface area contributed by atoms with Crippen molar-refractivity contribution in [2.24, 2.45) is 0 Å². The topological polar surface area (TPSA) is 75.7 Å². The number of nitrogens with one attached hydrogen (secondary N) is 1. The highest BCUT2D eigenvalue weighted by Crippen LogP contribution is 2.33. The van der Waals surface area contributed by atoms with Crippen molar-refractivity contribution in [1.82, 2.24) is 5.32 Å². The molecule has 0 spiro atoms. The highest BCUT2D eigenvalue weighted by Gasteiger charge is 2.30. The lowest BCUT2D eigenvalue weighted by Crippen LogP contribution is -2.41. The van der Waals surface area contributed by atoms with E-state index >= 15 is 0 Å². The Morgan fingerprint density at radius 2 is 1.50 bits per heavy atom. The number of hydrogen-bond donors (Lipinski definition) is 1. The smallest absolute Gasteiger partial charge is 0.264 e. The van der Waals surface area contributed by atoms with Crippen LogP contribution in [-0.2, 0) is 14.8 Å². The van der Waals surface area contributed by atoms with Crippen molar-refractivity contribution in [1.29, 1.82) is 0 Å². The van der Waals surface area contributed by atoms with Gasteiger partial charge in [0.15, 0.2) is 0 Å². The highest BCUT2D eigenvalue weighted by molar-refractivity contribution is 7.92. The Hall–Kier alpha value is -3.32. The number of methoxy groups -OCH3 is 1. The number of anilines is 1. The first-order valence-corrected chi connectivity index (χ1v) is 12.6. The zero-order valence-electron chi connectivity index (χ0n) is 20.5. The van der Waals surface area contributed by atoms with E-state index in [1.807, 2.05) is 58.9 Å². The molecule has 0 aliphatic carbocycles. The van der Waals surface area contributed by atoms with Crippen LogP contribution in [0.2, 0.25) is 0 Å². The monoisotopic (exact) mass is 480 g/mol. The van der Waals surface area contributed by atoms with E-state index in [1.165, 1.54) is 7.11 Å². The van der Waals surface area contributed by atoms with Gasteiger partial charge < -0.3 is 10.1 Å². The maximum Gasteiger partial charge on any atom is 0.264 e. The fourth-order valence-electron chi connectivity index (χ4n) is 3.85. The number of ether oxygens (including phenoxy) is 1. The Balaban J connectivity index is 1.99. The summed E-state index contributed by atoms with van der Waals surface area (Å²) in [5.74, 6) is -0.0377. The van der Waals surface area contributed by atoms with E-state index in [0.717, 1.165) is 32.1 Å². The van der Waals surface area contributed by atoms with Crippen LogP contribution >= 0.6 is 0 Å². The molecule has 1 N–H and O–H groups in total. The van der Waals surface area contributed by atoms with Gasteiger partial charge in [0.2, 0.25) is 5.91 Å². The van der Waals surface area contributed by atoms with E-state index in [0.29, 0.717) is 11.4 Å². The summed E-state index contributed by atoms with van der Waals surface area (Å²) in [4.78, 5) is 13.3. The van der Waals surface area contributed by atoms with Gasteiger partial charge in [-0.2, -0.15) is 0 Å². The molecule has 0 saturated heterocycles. The first-order chi connectivity index (χ1) is 16.0. The van der Waals surface area contributed by atoms with Crippen LogP contribution in [-0.4, -0.2) is 28.0 Å². The van der Waals surface area contributed by atoms with Crippen LogP contribution < -0.4 is 14.4 Å². The van der Waals surface area contributed by atoms with Gasteiger partial charge in [0.05, 0.1) is 23.7 Å². The number of carbonyl (C=O) groups excluding carboxylic acids is 1. The number of aryl methyl sites for hydroxylation is 4. The summed E-state index contributed by atoms with van der Waals surface area (Å²) in [5.41, 5.74) is 5.26. The number of benzene rings is 3. The Morgan fingerprint density at radius 1 is 0.912 bits per heavy atom. The maximum absolute atomic E-state index is 13.7. The third kappa shape index (κ3) is 5.59. The van der Waals surface area contributed by atoms with Crippen molar-refractivity contribution in [2.75, 3.05) is 18.0 Å². The predicted octanol–water partition coefficient (Wildman–Crippen LogP) is 5.00. The van der Waals surface area contributed by atoms with Crippen LogP contribution in [0.15, 0.2) is 65.6 Å². The van der Waals surface area contributed by atoms with Gasteiger partial charge in [-0.3, -0.25) is 9.10 Å². The van der Waals surface area contributed by atoms with Crippen molar-refractivity contribution in [3.05, 3.63) is 88.5 Å². The molecule has 0 aromatic heterocycles. The zero-order chi connectivity index (χ0) is 25.0. The van der Waals surface area contributed by atoms with Gasteiger partial charge in [-0.15, -0.1) is 0 Å².